The van der Waals surface area contributed by atoms with E-state index in [4.69, 9.17) is 4.74 Å². The van der Waals surface area contributed by atoms with Crippen LogP contribution in [0, 0.1) is 18.6 Å². The van der Waals surface area contributed by atoms with E-state index < -0.39 is 11.6 Å². The fourth-order valence-corrected chi connectivity index (χ4v) is 1.78. The number of aryl methyl sites for hydroxylation is 1. The molecule has 0 spiro atoms. The molecule has 0 saturated carbocycles. The molecule has 2 aromatic carbocycles. The molecule has 0 atom stereocenters. The van der Waals surface area contributed by atoms with Gasteiger partial charge in [0.2, 0.25) is 0 Å². The van der Waals surface area contributed by atoms with E-state index in [2.05, 4.69) is 0 Å². The van der Waals surface area contributed by atoms with Crippen LogP contribution >= 0.6 is 0 Å². The number of hydrogen-bond donors (Lipinski definition) is 0. The molecular weight excluding hydrogens is 250 g/mol. The van der Waals surface area contributed by atoms with Crippen molar-refractivity contribution in [3.8, 4) is 11.5 Å². The van der Waals surface area contributed by atoms with Gasteiger partial charge < -0.3 is 4.74 Å². The third-order valence-corrected chi connectivity index (χ3v) is 2.68. The number of rotatable bonds is 3. The van der Waals surface area contributed by atoms with Crippen LogP contribution in [0.5, 0.6) is 11.5 Å². The summed E-state index contributed by atoms with van der Waals surface area (Å²) in [5, 5.41) is 0. The maximum absolute atomic E-state index is 13.6. The smallest absolute Gasteiger partial charge is 0.166 e. The van der Waals surface area contributed by atoms with Gasteiger partial charge >= 0.3 is 0 Å². The second-order valence-corrected chi connectivity index (χ2v) is 4.18. The van der Waals surface area contributed by atoms with Gasteiger partial charge in [0.15, 0.2) is 5.78 Å². The minimum Gasteiger partial charge on any atom is -0.456 e. The Balaban J connectivity index is 2.44. The first-order valence-corrected chi connectivity index (χ1v) is 5.72. The monoisotopic (exact) mass is 262 g/mol. The van der Waals surface area contributed by atoms with E-state index in [0.717, 1.165) is 0 Å². The van der Waals surface area contributed by atoms with Gasteiger partial charge in [-0.05, 0) is 49.7 Å². The molecule has 0 N–H and O–H groups in total. The molecule has 19 heavy (non-hydrogen) atoms. The van der Waals surface area contributed by atoms with Crippen LogP contribution in [0.2, 0.25) is 0 Å². The second kappa shape index (κ2) is 5.18. The van der Waals surface area contributed by atoms with Crippen LogP contribution in [0.3, 0.4) is 0 Å². The Hall–Kier alpha value is -2.23. The van der Waals surface area contributed by atoms with Crippen molar-refractivity contribution in [2.24, 2.45) is 0 Å². The molecule has 0 aliphatic carbocycles. The predicted octanol–water partition coefficient (Wildman–Crippen LogP) is 4.27. The predicted molar refractivity (Wildman–Crippen MR) is 67.6 cm³/mol. The summed E-state index contributed by atoms with van der Waals surface area (Å²) in [4.78, 5) is 11.4. The Morgan fingerprint density at radius 1 is 1.11 bits per heavy atom. The van der Waals surface area contributed by atoms with E-state index in [1.165, 1.54) is 43.3 Å². The average molecular weight is 262 g/mol. The van der Waals surface area contributed by atoms with Crippen molar-refractivity contribution >= 4 is 5.78 Å². The van der Waals surface area contributed by atoms with Gasteiger partial charge in [-0.3, -0.25) is 4.79 Å². The van der Waals surface area contributed by atoms with Gasteiger partial charge in [0.1, 0.15) is 23.1 Å². The number of benzene rings is 2. The van der Waals surface area contributed by atoms with E-state index in [1.54, 1.807) is 6.92 Å². The van der Waals surface area contributed by atoms with Crippen LogP contribution in [0.25, 0.3) is 0 Å². The highest BCUT2D eigenvalue weighted by atomic mass is 19.1. The van der Waals surface area contributed by atoms with Crippen molar-refractivity contribution in [1.82, 2.24) is 0 Å². The maximum atomic E-state index is 13.6. The van der Waals surface area contributed by atoms with E-state index in [0.29, 0.717) is 11.3 Å². The standard InChI is InChI=1S/C15H12F2O2/c1-9-8-11(16)6-7-13(9)19-14-5-3-4-12(17)15(14)10(2)18/h3-8H,1-2H3. The summed E-state index contributed by atoms with van der Waals surface area (Å²) >= 11 is 0. The lowest BCUT2D eigenvalue weighted by Gasteiger charge is -2.12. The molecule has 0 aliphatic heterocycles. The summed E-state index contributed by atoms with van der Waals surface area (Å²) in [6.07, 6.45) is 0. The van der Waals surface area contributed by atoms with E-state index in [1.807, 2.05) is 0 Å². The largest absolute Gasteiger partial charge is 0.456 e. The van der Waals surface area contributed by atoms with Crippen molar-refractivity contribution in [1.29, 1.82) is 0 Å². The van der Waals surface area contributed by atoms with Crippen LogP contribution in [0.1, 0.15) is 22.8 Å². The highest BCUT2D eigenvalue weighted by Crippen LogP contribution is 2.29. The second-order valence-electron chi connectivity index (χ2n) is 4.18. The summed E-state index contributed by atoms with van der Waals surface area (Å²) in [6.45, 7) is 2.94. The molecule has 0 radical (unpaired) electrons. The third kappa shape index (κ3) is 2.78. The summed E-state index contributed by atoms with van der Waals surface area (Å²) in [6, 6.07) is 8.15. The van der Waals surface area contributed by atoms with Gasteiger partial charge in [0, 0.05) is 0 Å². The number of Topliss-reactive ketones (excluding diaryl/α,β-unsaturated/α-hetero) is 1. The van der Waals surface area contributed by atoms with Crippen molar-refractivity contribution in [2.75, 3.05) is 0 Å². The summed E-state index contributed by atoms with van der Waals surface area (Å²) in [7, 11) is 0. The van der Waals surface area contributed by atoms with E-state index in [9.17, 15) is 13.6 Å². The zero-order chi connectivity index (χ0) is 14.0. The van der Waals surface area contributed by atoms with Gasteiger partial charge in [-0.15, -0.1) is 0 Å². The summed E-state index contributed by atoms with van der Waals surface area (Å²) in [5.41, 5.74) is 0.463. The van der Waals surface area contributed by atoms with E-state index in [-0.39, 0.29) is 17.1 Å². The van der Waals surface area contributed by atoms with E-state index >= 15 is 0 Å². The third-order valence-electron chi connectivity index (χ3n) is 2.68. The zero-order valence-electron chi connectivity index (χ0n) is 10.5. The van der Waals surface area contributed by atoms with Gasteiger partial charge in [0.25, 0.3) is 0 Å². The maximum Gasteiger partial charge on any atom is 0.166 e. The number of halogens is 2. The molecule has 4 heteroatoms. The zero-order valence-corrected chi connectivity index (χ0v) is 10.5. The lowest BCUT2D eigenvalue weighted by Crippen LogP contribution is -2.01. The van der Waals surface area contributed by atoms with Crippen molar-refractivity contribution in [3.05, 3.63) is 59.2 Å². The normalized spacial score (nSPS) is 10.3. The van der Waals surface area contributed by atoms with Crippen molar-refractivity contribution < 1.29 is 18.3 Å². The van der Waals surface area contributed by atoms with Gasteiger partial charge in [-0.1, -0.05) is 6.07 Å². The quantitative estimate of drug-likeness (QED) is 0.772. The lowest BCUT2D eigenvalue weighted by molar-refractivity contribution is 0.101. The molecule has 2 nitrogen and oxygen atoms in total. The van der Waals surface area contributed by atoms with Gasteiger partial charge in [-0.2, -0.15) is 0 Å². The fourth-order valence-electron chi connectivity index (χ4n) is 1.78. The number of ketones is 1. The Labute approximate surface area is 109 Å². The number of hydrogen-bond acceptors (Lipinski definition) is 2. The summed E-state index contributed by atoms with van der Waals surface area (Å²) < 4.78 is 32.1. The molecule has 2 rings (SSSR count). The molecule has 0 amide bonds. The molecule has 98 valence electrons. The Bertz CT molecular complexity index is 636. The number of ether oxygens (including phenoxy) is 1. The fraction of sp³-hybridized carbons (Fsp3) is 0.133. The van der Waals surface area contributed by atoms with Crippen LogP contribution in [-0.4, -0.2) is 5.78 Å². The summed E-state index contributed by atoms with van der Waals surface area (Å²) in [5.74, 6) is -0.926. The van der Waals surface area contributed by atoms with Gasteiger partial charge in [-0.25, -0.2) is 8.78 Å². The van der Waals surface area contributed by atoms with Crippen LogP contribution < -0.4 is 4.74 Å². The topological polar surface area (TPSA) is 26.3 Å². The SMILES string of the molecule is CC(=O)c1c(F)cccc1Oc1ccc(F)cc1C. The lowest BCUT2D eigenvalue weighted by atomic mass is 10.1. The Morgan fingerprint density at radius 3 is 2.47 bits per heavy atom. The minimum absolute atomic E-state index is 0.105. The minimum atomic E-state index is -0.634. The molecule has 0 aromatic heterocycles. The highest BCUT2D eigenvalue weighted by Gasteiger charge is 2.15. The highest BCUT2D eigenvalue weighted by molar-refractivity contribution is 5.97. The molecule has 0 unspecified atom stereocenters. The Kier molecular flexibility index (Phi) is 3.60. The Morgan fingerprint density at radius 2 is 1.84 bits per heavy atom. The molecule has 0 saturated heterocycles. The first-order valence-electron chi connectivity index (χ1n) is 5.72. The molecule has 0 aliphatic rings. The van der Waals surface area contributed by atoms with Crippen molar-refractivity contribution in [3.63, 3.8) is 0 Å². The molecule has 0 fully saturated rings. The first kappa shape index (κ1) is 13.2. The molecular formula is C15H12F2O2. The van der Waals surface area contributed by atoms with Crippen LogP contribution in [-0.2, 0) is 0 Å². The molecule has 2 aromatic rings. The van der Waals surface area contributed by atoms with Gasteiger partial charge in [0.05, 0.1) is 5.56 Å². The number of carbonyl (C=O) groups is 1. The average Bonchev–Trinajstić information content (AvgIpc) is 2.32. The van der Waals surface area contributed by atoms with Crippen molar-refractivity contribution in [2.45, 2.75) is 13.8 Å². The molecule has 0 bridgehead atoms. The first-order chi connectivity index (χ1) is 8.99. The van der Waals surface area contributed by atoms with Crippen LogP contribution in [0.4, 0.5) is 8.78 Å². The molecule has 0 heterocycles. The van der Waals surface area contributed by atoms with Crippen LogP contribution in [0.15, 0.2) is 36.4 Å². The number of carbonyl (C=O) groups excluding carboxylic acids is 1.